The quantitative estimate of drug-likeness (QED) is 0.925. The number of anilines is 1. The molecule has 0 saturated heterocycles. The molecule has 2 fully saturated rings. The first-order chi connectivity index (χ1) is 10.2. The Kier molecular flexibility index (Phi) is 3.36. The van der Waals surface area contributed by atoms with Crippen molar-refractivity contribution in [1.29, 1.82) is 0 Å². The second kappa shape index (κ2) is 4.78. The lowest BCUT2D eigenvalue weighted by atomic mass is 9.70. The van der Waals surface area contributed by atoms with E-state index in [-0.39, 0.29) is 22.9 Å². The average molecular weight is 325 g/mol. The zero-order valence-electron chi connectivity index (χ0n) is 12.7. The number of ketones is 1. The van der Waals surface area contributed by atoms with E-state index in [2.05, 4.69) is 4.72 Å². The van der Waals surface area contributed by atoms with E-state index >= 15 is 0 Å². The number of sulfonamides is 1. The number of hydrogen-bond acceptors (Lipinski definition) is 3. The maximum Gasteiger partial charge on any atom is 0.233 e. The molecular formula is C16H20FNO3S. The molecule has 0 radical (unpaired) electrons. The Balaban J connectivity index is 1.85. The Labute approximate surface area is 130 Å². The first-order valence-corrected chi connectivity index (χ1v) is 9.11. The molecule has 2 unspecified atom stereocenters. The fourth-order valence-electron chi connectivity index (χ4n) is 4.17. The van der Waals surface area contributed by atoms with Gasteiger partial charge in [0.2, 0.25) is 10.0 Å². The maximum absolute atomic E-state index is 12.9. The summed E-state index contributed by atoms with van der Waals surface area (Å²) in [5.74, 6) is -0.272. The molecule has 2 saturated carbocycles. The van der Waals surface area contributed by atoms with Crippen LogP contribution in [0.15, 0.2) is 24.3 Å². The molecule has 6 heteroatoms. The number of rotatable bonds is 4. The topological polar surface area (TPSA) is 63.2 Å². The summed E-state index contributed by atoms with van der Waals surface area (Å²) in [6.07, 6.45) is 2.03. The van der Waals surface area contributed by atoms with Crippen LogP contribution < -0.4 is 4.72 Å². The Bertz CT molecular complexity index is 711. The molecule has 22 heavy (non-hydrogen) atoms. The van der Waals surface area contributed by atoms with Crippen molar-refractivity contribution in [3.63, 3.8) is 0 Å². The van der Waals surface area contributed by atoms with Crippen molar-refractivity contribution in [1.82, 2.24) is 0 Å². The van der Waals surface area contributed by atoms with Gasteiger partial charge in [0.1, 0.15) is 11.6 Å². The van der Waals surface area contributed by atoms with E-state index in [1.807, 2.05) is 13.8 Å². The van der Waals surface area contributed by atoms with E-state index in [4.69, 9.17) is 0 Å². The number of halogens is 1. The number of Topliss-reactive ketones (excluding diaryl/α,β-unsaturated/α-hetero) is 1. The lowest BCUT2D eigenvalue weighted by Gasteiger charge is -2.36. The molecule has 2 bridgehead atoms. The van der Waals surface area contributed by atoms with Gasteiger partial charge in [0.25, 0.3) is 0 Å². The predicted molar refractivity (Wildman–Crippen MR) is 82.4 cm³/mol. The number of carbonyl (C=O) groups excluding carboxylic acids is 1. The summed E-state index contributed by atoms with van der Waals surface area (Å²) in [4.78, 5) is 12.4. The molecule has 2 aliphatic carbocycles. The average Bonchev–Trinajstić information content (AvgIpc) is 2.74. The molecule has 0 aliphatic heterocycles. The first-order valence-electron chi connectivity index (χ1n) is 7.46. The van der Waals surface area contributed by atoms with Crippen LogP contribution in [0.2, 0.25) is 0 Å². The van der Waals surface area contributed by atoms with E-state index in [0.29, 0.717) is 18.5 Å². The summed E-state index contributed by atoms with van der Waals surface area (Å²) in [6.45, 7) is 4.01. The molecule has 120 valence electrons. The number of nitrogens with one attached hydrogen (secondary N) is 1. The Morgan fingerprint density at radius 3 is 2.41 bits per heavy atom. The zero-order valence-corrected chi connectivity index (χ0v) is 13.5. The van der Waals surface area contributed by atoms with Crippen molar-refractivity contribution in [3.05, 3.63) is 30.1 Å². The predicted octanol–water partition coefficient (Wildman–Crippen LogP) is 2.96. The minimum atomic E-state index is -3.67. The van der Waals surface area contributed by atoms with Crippen molar-refractivity contribution in [2.24, 2.45) is 16.7 Å². The van der Waals surface area contributed by atoms with Gasteiger partial charge in [0, 0.05) is 12.1 Å². The standard InChI is InChI=1S/C16H20FNO3S/c1-15(2)11-7-8-16(15,14(19)9-11)10-22(20,21)18-13-5-3-12(17)4-6-13/h3-6,11,18H,7-10H2,1-2H3. The van der Waals surface area contributed by atoms with Crippen LogP contribution in [-0.4, -0.2) is 20.0 Å². The van der Waals surface area contributed by atoms with Crippen molar-refractivity contribution in [3.8, 4) is 0 Å². The third-order valence-corrected chi connectivity index (χ3v) is 7.11. The van der Waals surface area contributed by atoms with Crippen LogP contribution in [0.25, 0.3) is 0 Å². The van der Waals surface area contributed by atoms with E-state index in [9.17, 15) is 17.6 Å². The second-order valence-electron chi connectivity index (χ2n) is 7.03. The molecule has 2 atom stereocenters. The van der Waals surface area contributed by atoms with Gasteiger partial charge in [-0.15, -0.1) is 0 Å². The smallest absolute Gasteiger partial charge is 0.233 e. The molecule has 0 spiro atoms. The van der Waals surface area contributed by atoms with Gasteiger partial charge in [-0.25, -0.2) is 12.8 Å². The van der Waals surface area contributed by atoms with E-state index < -0.39 is 21.3 Å². The Morgan fingerprint density at radius 1 is 1.27 bits per heavy atom. The SMILES string of the molecule is CC1(C)C2CCC1(CS(=O)(=O)Nc1ccc(F)cc1)C(=O)C2. The molecule has 2 aliphatic rings. The summed E-state index contributed by atoms with van der Waals surface area (Å²) in [6, 6.07) is 5.16. The van der Waals surface area contributed by atoms with Gasteiger partial charge < -0.3 is 0 Å². The van der Waals surface area contributed by atoms with Crippen molar-refractivity contribution >= 4 is 21.5 Å². The van der Waals surface area contributed by atoms with Crippen LogP contribution in [-0.2, 0) is 14.8 Å². The molecule has 4 nitrogen and oxygen atoms in total. The van der Waals surface area contributed by atoms with Gasteiger partial charge in [0.15, 0.2) is 0 Å². The summed E-state index contributed by atoms with van der Waals surface area (Å²) in [5.41, 5.74) is -0.763. The van der Waals surface area contributed by atoms with Crippen LogP contribution in [0.4, 0.5) is 10.1 Å². The van der Waals surface area contributed by atoms with Crippen LogP contribution in [0.5, 0.6) is 0 Å². The van der Waals surface area contributed by atoms with Crippen LogP contribution in [0.3, 0.4) is 0 Å². The number of fused-ring (bicyclic) bond motifs is 2. The van der Waals surface area contributed by atoms with Gasteiger partial charge in [-0.1, -0.05) is 13.8 Å². The molecule has 1 aromatic carbocycles. The van der Waals surface area contributed by atoms with Crippen LogP contribution >= 0.6 is 0 Å². The van der Waals surface area contributed by atoms with Gasteiger partial charge in [-0.3, -0.25) is 9.52 Å². The van der Waals surface area contributed by atoms with E-state index in [0.717, 1.165) is 6.42 Å². The molecule has 3 rings (SSSR count). The number of benzene rings is 1. The highest BCUT2D eigenvalue weighted by molar-refractivity contribution is 7.92. The minimum Gasteiger partial charge on any atom is -0.299 e. The summed E-state index contributed by atoms with van der Waals surface area (Å²) in [5, 5.41) is 0. The highest BCUT2D eigenvalue weighted by Crippen LogP contribution is 2.64. The van der Waals surface area contributed by atoms with Crippen molar-refractivity contribution < 1.29 is 17.6 Å². The van der Waals surface area contributed by atoms with E-state index in [1.165, 1.54) is 24.3 Å². The molecule has 0 aromatic heterocycles. The molecule has 1 aromatic rings. The first kappa shape index (κ1) is 15.5. The largest absolute Gasteiger partial charge is 0.299 e. The summed E-state index contributed by atoms with van der Waals surface area (Å²) < 4.78 is 40.4. The lowest BCUT2D eigenvalue weighted by molar-refractivity contribution is -0.128. The van der Waals surface area contributed by atoms with Gasteiger partial charge >= 0.3 is 0 Å². The van der Waals surface area contributed by atoms with Gasteiger partial charge in [-0.2, -0.15) is 0 Å². The Hall–Kier alpha value is -1.43. The molecule has 0 amide bonds. The highest BCUT2D eigenvalue weighted by Gasteiger charge is 2.65. The van der Waals surface area contributed by atoms with Crippen LogP contribution in [0.1, 0.15) is 33.1 Å². The Morgan fingerprint density at radius 2 is 1.91 bits per heavy atom. The minimum absolute atomic E-state index is 0.0678. The third kappa shape index (κ3) is 2.24. The number of hydrogen-bond donors (Lipinski definition) is 1. The van der Waals surface area contributed by atoms with Crippen LogP contribution in [0, 0.1) is 22.6 Å². The molecular weight excluding hydrogens is 305 g/mol. The normalized spacial score (nSPS) is 29.8. The maximum atomic E-state index is 12.9. The summed E-state index contributed by atoms with van der Waals surface area (Å²) in [7, 11) is -3.67. The molecule has 0 heterocycles. The number of carbonyl (C=O) groups is 1. The van der Waals surface area contributed by atoms with Gasteiger partial charge in [-0.05, 0) is 48.4 Å². The molecule has 1 N–H and O–H groups in total. The zero-order chi connectivity index (χ0) is 16.2. The van der Waals surface area contributed by atoms with Crippen molar-refractivity contribution in [2.75, 3.05) is 10.5 Å². The fraction of sp³-hybridized carbons (Fsp3) is 0.562. The highest BCUT2D eigenvalue weighted by atomic mass is 32.2. The van der Waals surface area contributed by atoms with Gasteiger partial charge in [0.05, 0.1) is 11.2 Å². The third-order valence-electron chi connectivity index (χ3n) is 5.69. The summed E-state index contributed by atoms with van der Waals surface area (Å²) >= 11 is 0. The van der Waals surface area contributed by atoms with Crippen molar-refractivity contribution in [2.45, 2.75) is 33.1 Å². The monoisotopic (exact) mass is 325 g/mol. The lowest BCUT2D eigenvalue weighted by Crippen LogP contribution is -2.43. The fourth-order valence-corrected chi connectivity index (χ4v) is 6.06. The second-order valence-corrected chi connectivity index (χ2v) is 8.76. The van der Waals surface area contributed by atoms with E-state index in [1.54, 1.807) is 0 Å².